The lowest BCUT2D eigenvalue weighted by molar-refractivity contribution is -0.137. The maximum absolute atomic E-state index is 12.8. The number of hydrogen-bond donors (Lipinski definition) is 1. The monoisotopic (exact) mass is 349 g/mol. The molecule has 0 radical (unpaired) electrons. The van der Waals surface area contributed by atoms with Gasteiger partial charge in [0.05, 0.1) is 11.1 Å². The van der Waals surface area contributed by atoms with Gasteiger partial charge in [-0.15, -0.1) is 0 Å². The van der Waals surface area contributed by atoms with E-state index in [1.807, 2.05) is 4.90 Å². The zero-order valence-electron chi connectivity index (χ0n) is 13.5. The molecular weight excluding hydrogens is 331 g/mol. The third-order valence-corrected chi connectivity index (χ3v) is 4.30. The summed E-state index contributed by atoms with van der Waals surface area (Å²) in [5.74, 6) is -0.151. The Labute approximate surface area is 143 Å². The van der Waals surface area contributed by atoms with E-state index in [9.17, 15) is 18.0 Å². The molecule has 0 atom stereocenters. The summed E-state index contributed by atoms with van der Waals surface area (Å²) >= 11 is 0. The molecule has 1 aliphatic heterocycles. The fourth-order valence-electron chi connectivity index (χ4n) is 2.91. The second-order valence-electron chi connectivity index (χ2n) is 5.91. The number of nitrogen functional groups attached to an aromatic ring is 1. The van der Waals surface area contributed by atoms with E-state index in [2.05, 4.69) is 0 Å². The number of nitrogens with two attached hydrogens (primary N) is 1. The van der Waals surface area contributed by atoms with Crippen molar-refractivity contribution in [1.82, 2.24) is 4.90 Å². The minimum Gasteiger partial charge on any atom is -0.398 e. The highest BCUT2D eigenvalue weighted by Crippen LogP contribution is 2.32. The molecule has 2 aromatic rings. The van der Waals surface area contributed by atoms with Gasteiger partial charge in [-0.2, -0.15) is 13.2 Å². The van der Waals surface area contributed by atoms with Gasteiger partial charge in [0.15, 0.2) is 0 Å². The van der Waals surface area contributed by atoms with Gasteiger partial charge < -0.3 is 15.5 Å². The molecule has 0 aromatic heterocycles. The number of alkyl halides is 3. The maximum Gasteiger partial charge on any atom is 0.416 e. The van der Waals surface area contributed by atoms with Crippen LogP contribution in [0.15, 0.2) is 48.5 Å². The van der Waals surface area contributed by atoms with Crippen LogP contribution in [0.4, 0.5) is 24.5 Å². The van der Waals surface area contributed by atoms with Crippen molar-refractivity contribution in [2.75, 3.05) is 36.8 Å². The molecule has 1 amide bonds. The van der Waals surface area contributed by atoms with E-state index >= 15 is 0 Å². The average molecular weight is 349 g/mol. The van der Waals surface area contributed by atoms with Gasteiger partial charge in [-0.1, -0.05) is 18.2 Å². The first-order chi connectivity index (χ1) is 11.9. The Kier molecular flexibility index (Phi) is 4.57. The number of carbonyl (C=O) groups excluding carboxylic acids is 1. The molecule has 132 valence electrons. The zero-order chi connectivity index (χ0) is 18.0. The number of hydrogen-bond acceptors (Lipinski definition) is 3. The van der Waals surface area contributed by atoms with Crippen molar-refractivity contribution in [3.8, 4) is 0 Å². The van der Waals surface area contributed by atoms with Crippen LogP contribution in [0.2, 0.25) is 0 Å². The Morgan fingerprint density at radius 3 is 2.28 bits per heavy atom. The van der Waals surface area contributed by atoms with Crippen LogP contribution in [0.1, 0.15) is 15.9 Å². The van der Waals surface area contributed by atoms with Crippen molar-refractivity contribution in [2.24, 2.45) is 0 Å². The maximum atomic E-state index is 12.8. The second-order valence-corrected chi connectivity index (χ2v) is 5.91. The van der Waals surface area contributed by atoms with Crippen molar-refractivity contribution in [2.45, 2.75) is 6.18 Å². The molecule has 0 unspecified atom stereocenters. The van der Waals surface area contributed by atoms with Gasteiger partial charge in [-0.3, -0.25) is 4.79 Å². The molecule has 0 spiro atoms. The van der Waals surface area contributed by atoms with E-state index < -0.39 is 11.7 Å². The highest BCUT2D eigenvalue weighted by molar-refractivity contribution is 5.99. The Hall–Kier alpha value is -2.70. The van der Waals surface area contributed by atoms with E-state index in [0.29, 0.717) is 43.1 Å². The lowest BCUT2D eigenvalue weighted by atomic mass is 10.1. The molecule has 0 bridgehead atoms. The molecule has 1 aliphatic rings. The highest BCUT2D eigenvalue weighted by Gasteiger charge is 2.31. The number of halogens is 3. The first-order valence-corrected chi connectivity index (χ1v) is 7.92. The molecule has 7 heteroatoms. The fourth-order valence-corrected chi connectivity index (χ4v) is 2.91. The van der Waals surface area contributed by atoms with Crippen LogP contribution >= 0.6 is 0 Å². The predicted molar refractivity (Wildman–Crippen MR) is 90.4 cm³/mol. The van der Waals surface area contributed by atoms with Crippen LogP contribution in [-0.4, -0.2) is 37.0 Å². The van der Waals surface area contributed by atoms with Gasteiger partial charge in [0.2, 0.25) is 0 Å². The smallest absolute Gasteiger partial charge is 0.398 e. The number of anilines is 2. The average Bonchev–Trinajstić information content (AvgIpc) is 2.61. The minimum absolute atomic E-state index is 0.151. The molecule has 2 aromatic carbocycles. The second kappa shape index (κ2) is 6.66. The highest BCUT2D eigenvalue weighted by atomic mass is 19.4. The molecule has 0 saturated carbocycles. The predicted octanol–water partition coefficient (Wildman–Crippen LogP) is 3.25. The van der Waals surface area contributed by atoms with Crippen LogP contribution in [0.5, 0.6) is 0 Å². The summed E-state index contributed by atoms with van der Waals surface area (Å²) in [4.78, 5) is 16.1. The minimum atomic E-state index is -4.36. The van der Waals surface area contributed by atoms with Crippen LogP contribution in [0, 0.1) is 0 Å². The van der Waals surface area contributed by atoms with Crippen LogP contribution in [0.25, 0.3) is 0 Å². The lowest BCUT2D eigenvalue weighted by Gasteiger charge is -2.36. The SMILES string of the molecule is Nc1ccccc1C(=O)N1CCN(c2cccc(C(F)(F)F)c2)CC1. The van der Waals surface area contributed by atoms with Gasteiger partial charge in [0.25, 0.3) is 5.91 Å². The molecule has 4 nitrogen and oxygen atoms in total. The molecule has 1 heterocycles. The molecule has 0 aliphatic carbocycles. The van der Waals surface area contributed by atoms with E-state index in [-0.39, 0.29) is 5.91 Å². The number of para-hydroxylation sites is 1. The Morgan fingerprint density at radius 1 is 0.960 bits per heavy atom. The molecule has 25 heavy (non-hydrogen) atoms. The molecule has 2 N–H and O–H groups in total. The quantitative estimate of drug-likeness (QED) is 0.847. The number of carbonyl (C=O) groups is 1. The van der Waals surface area contributed by atoms with E-state index in [0.717, 1.165) is 12.1 Å². The largest absolute Gasteiger partial charge is 0.416 e. The van der Waals surface area contributed by atoms with Crippen molar-refractivity contribution in [3.05, 3.63) is 59.7 Å². The Balaban J connectivity index is 1.68. The summed E-state index contributed by atoms with van der Waals surface area (Å²) in [6.45, 7) is 1.81. The number of piperazine rings is 1. The van der Waals surface area contributed by atoms with Crippen molar-refractivity contribution >= 4 is 17.3 Å². The molecule has 1 saturated heterocycles. The summed E-state index contributed by atoms with van der Waals surface area (Å²) < 4.78 is 38.5. The van der Waals surface area contributed by atoms with Crippen LogP contribution < -0.4 is 10.6 Å². The standard InChI is InChI=1S/C18H18F3N3O/c19-18(20,21)13-4-3-5-14(12-13)23-8-10-24(11-9-23)17(25)15-6-1-2-7-16(15)22/h1-7,12H,8-11,22H2. The molecular formula is C18H18F3N3O. The van der Waals surface area contributed by atoms with E-state index in [1.54, 1.807) is 35.2 Å². The zero-order valence-corrected chi connectivity index (χ0v) is 13.5. The third-order valence-electron chi connectivity index (χ3n) is 4.30. The van der Waals surface area contributed by atoms with Gasteiger partial charge in [-0.25, -0.2) is 0 Å². The molecule has 3 rings (SSSR count). The van der Waals surface area contributed by atoms with Crippen molar-refractivity contribution < 1.29 is 18.0 Å². The first-order valence-electron chi connectivity index (χ1n) is 7.92. The number of rotatable bonds is 2. The fraction of sp³-hybridized carbons (Fsp3) is 0.278. The third kappa shape index (κ3) is 3.70. The number of amides is 1. The Morgan fingerprint density at radius 2 is 1.64 bits per heavy atom. The number of benzene rings is 2. The van der Waals surface area contributed by atoms with Crippen molar-refractivity contribution in [3.63, 3.8) is 0 Å². The van der Waals surface area contributed by atoms with E-state index in [4.69, 9.17) is 5.73 Å². The van der Waals surface area contributed by atoms with Crippen molar-refractivity contribution in [1.29, 1.82) is 0 Å². The summed E-state index contributed by atoms with van der Waals surface area (Å²) in [7, 11) is 0. The molecule has 1 fully saturated rings. The van der Waals surface area contributed by atoms with Crippen LogP contribution in [-0.2, 0) is 6.18 Å². The van der Waals surface area contributed by atoms with Gasteiger partial charge in [-0.05, 0) is 30.3 Å². The van der Waals surface area contributed by atoms with Gasteiger partial charge in [0, 0.05) is 37.6 Å². The summed E-state index contributed by atoms with van der Waals surface area (Å²) in [5, 5.41) is 0. The number of nitrogens with zero attached hydrogens (tertiary/aromatic N) is 2. The lowest BCUT2D eigenvalue weighted by Crippen LogP contribution is -2.49. The normalized spacial score (nSPS) is 15.3. The first kappa shape index (κ1) is 17.1. The van der Waals surface area contributed by atoms with Gasteiger partial charge in [0.1, 0.15) is 0 Å². The van der Waals surface area contributed by atoms with Crippen LogP contribution in [0.3, 0.4) is 0 Å². The Bertz CT molecular complexity index is 768. The summed E-state index contributed by atoms with van der Waals surface area (Å²) in [6, 6.07) is 12.1. The van der Waals surface area contributed by atoms with E-state index in [1.165, 1.54) is 6.07 Å². The summed E-state index contributed by atoms with van der Waals surface area (Å²) in [5.41, 5.74) is 6.57. The summed E-state index contributed by atoms with van der Waals surface area (Å²) in [6.07, 6.45) is -4.36. The topological polar surface area (TPSA) is 49.6 Å². The van der Waals surface area contributed by atoms with Gasteiger partial charge >= 0.3 is 6.18 Å².